The molecule has 1 heterocycles. The van der Waals surface area contributed by atoms with E-state index in [4.69, 9.17) is 0 Å². The van der Waals surface area contributed by atoms with Crippen molar-refractivity contribution in [3.05, 3.63) is 65.2 Å². The Morgan fingerprint density at radius 1 is 1.11 bits per heavy atom. The molecule has 0 radical (unpaired) electrons. The molecule has 0 aliphatic heterocycles. The standard InChI is InChI=1S/C29H35N3O4/c1-28-13-25(33)19-11-22-26(34)27(35)24(32(2)3)12-29(22,36)9-8-18(19)21(28)7-6-20(28)16-4-5-17-14-30-15-31-23(17)10-16/h4-6,10-11,14-15,21,24-27,33-36H,7-9,12-13H2,1-3H3/t21?,24-,25?,26+,27+,28+,29+/m0/s1. The fraction of sp³-hybridized carbons (Fsp3) is 0.517. The molecule has 0 bridgehead atoms. The monoisotopic (exact) mass is 489 g/mol. The lowest BCUT2D eigenvalue weighted by molar-refractivity contribution is -0.0922. The maximum atomic E-state index is 11.7. The fourth-order valence-electron chi connectivity index (χ4n) is 7.44. The van der Waals surface area contributed by atoms with Gasteiger partial charge in [-0.2, -0.15) is 0 Å². The van der Waals surface area contributed by atoms with Crippen molar-refractivity contribution < 1.29 is 20.4 Å². The maximum absolute atomic E-state index is 11.7. The van der Waals surface area contributed by atoms with Gasteiger partial charge >= 0.3 is 0 Å². The van der Waals surface area contributed by atoms with Crippen LogP contribution in [0, 0.1) is 11.3 Å². The Morgan fingerprint density at radius 2 is 1.92 bits per heavy atom. The normalized spacial score (nSPS) is 38.3. The third-order valence-corrected chi connectivity index (χ3v) is 9.43. The number of likely N-dealkylation sites (N-methyl/N-ethyl adjacent to an activating group) is 1. The molecule has 2 unspecified atom stereocenters. The number of hydrogen-bond acceptors (Lipinski definition) is 7. The van der Waals surface area contributed by atoms with E-state index in [2.05, 4.69) is 41.2 Å². The first-order chi connectivity index (χ1) is 17.1. The molecule has 36 heavy (non-hydrogen) atoms. The quantitative estimate of drug-likeness (QED) is 0.513. The SMILES string of the molecule is CN(C)[C@H]1C[C@]2(O)CCC3=C(C=C2[C@@H](O)[C@@H]1O)C(O)C[C@]1(C)C(c2ccc4cncnc4c2)=CCC31. The third-order valence-electron chi connectivity index (χ3n) is 9.43. The minimum atomic E-state index is -1.21. The van der Waals surface area contributed by atoms with E-state index in [1.54, 1.807) is 6.33 Å². The van der Waals surface area contributed by atoms with E-state index in [0.717, 1.165) is 28.5 Å². The lowest BCUT2D eigenvalue weighted by atomic mass is 9.61. The van der Waals surface area contributed by atoms with Gasteiger partial charge in [0.1, 0.15) is 12.4 Å². The Kier molecular flexibility index (Phi) is 5.52. The summed E-state index contributed by atoms with van der Waals surface area (Å²) in [5.74, 6) is 0.208. The molecule has 1 aromatic heterocycles. The number of nitrogens with zero attached hydrogens (tertiary/aromatic N) is 3. The van der Waals surface area contributed by atoms with E-state index in [1.165, 1.54) is 11.1 Å². The van der Waals surface area contributed by atoms with E-state index >= 15 is 0 Å². The Labute approximate surface area is 211 Å². The van der Waals surface area contributed by atoms with Crippen LogP contribution < -0.4 is 0 Å². The van der Waals surface area contributed by atoms with Crippen molar-refractivity contribution in [3.63, 3.8) is 0 Å². The molecule has 1 aromatic carbocycles. The third kappa shape index (κ3) is 3.45. The highest BCUT2D eigenvalue weighted by Crippen LogP contribution is 2.60. The van der Waals surface area contributed by atoms with Gasteiger partial charge in [0.2, 0.25) is 0 Å². The highest BCUT2D eigenvalue weighted by Gasteiger charge is 2.53. The lowest BCUT2D eigenvalue weighted by Crippen LogP contribution is -2.58. The molecule has 7 heteroatoms. The molecule has 0 spiro atoms. The van der Waals surface area contributed by atoms with E-state index in [-0.39, 0.29) is 17.4 Å². The number of aliphatic hydroxyl groups is 4. The molecule has 190 valence electrons. The van der Waals surface area contributed by atoms with Crippen molar-refractivity contribution in [2.24, 2.45) is 11.3 Å². The van der Waals surface area contributed by atoms with Gasteiger partial charge in [-0.05, 0) is 80.5 Å². The van der Waals surface area contributed by atoms with Crippen molar-refractivity contribution in [1.29, 1.82) is 0 Å². The predicted octanol–water partition coefficient (Wildman–Crippen LogP) is 2.61. The van der Waals surface area contributed by atoms with Crippen LogP contribution in [0.4, 0.5) is 0 Å². The summed E-state index contributed by atoms with van der Waals surface area (Å²) in [6.07, 6.45) is 7.53. The second-order valence-electron chi connectivity index (χ2n) is 11.6. The summed E-state index contributed by atoms with van der Waals surface area (Å²) < 4.78 is 0. The van der Waals surface area contributed by atoms with Crippen LogP contribution in [0.1, 0.15) is 44.6 Å². The highest BCUT2D eigenvalue weighted by atomic mass is 16.3. The van der Waals surface area contributed by atoms with E-state index in [9.17, 15) is 20.4 Å². The van der Waals surface area contributed by atoms with Gasteiger partial charge in [0.25, 0.3) is 0 Å². The average molecular weight is 490 g/mol. The average Bonchev–Trinajstić information content (AvgIpc) is 3.10. The fourth-order valence-corrected chi connectivity index (χ4v) is 7.44. The van der Waals surface area contributed by atoms with Gasteiger partial charge in [-0.1, -0.05) is 36.8 Å². The first-order valence-electron chi connectivity index (χ1n) is 12.9. The van der Waals surface area contributed by atoms with Gasteiger partial charge in [0, 0.05) is 23.0 Å². The Hall–Kier alpha value is -2.42. The van der Waals surface area contributed by atoms with Gasteiger partial charge in [-0.15, -0.1) is 0 Å². The van der Waals surface area contributed by atoms with Crippen LogP contribution >= 0.6 is 0 Å². The molecule has 7 nitrogen and oxygen atoms in total. The van der Waals surface area contributed by atoms with Gasteiger partial charge < -0.3 is 25.3 Å². The Balaban J connectivity index is 1.38. The van der Waals surface area contributed by atoms with Crippen LogP contribution in [0.2, 0.25) is 0 Å². The summed E-state index contributed by atoms with van der Waals surface area (Å²) in [6.45, 7) is 2.24. The molecule has 0 amide bonds. The minimum Gasteiger partial charge on any atom is -0.388 e. The Morgan fingerprint density at radius 3 is 2.69 bits per heavy atom. The van der Waals surface area contributed by atoms with Crippen molar-refractivity contribution in [1.82, 2.24) is 14.9 Å². The number of benzene rings is 1. The first-order valence-corrected chi connectivity index (χ1v) is 12.9. The molecular weight excluding hydrogens is 454 g/mol. The molecule has 4 N–H and O–H groups in total. The zero-order chi connectivity index (χ0) is 25.4. The number of fused-ring (bicyclic) bond motifs is 4. The maximum Gasteiger partial charge on any atom is 0.116 e. The molecule has 1 saturated carbocycles. The van der Waals surface area contributed by atoms with Crippen molar-refractivity contribution in [2.75, 3.05) is 14.1 Å². The molecule has 0 saturated heterocycles. The van der Waals surface area contributed by atoms with Gasteiger partial charge in [-0.3, -0.25) is 0 Å². The van der Waals surface area contributed by atoms with Crippen LogP contribution in [-0.2, 0) is 0 Å². The summed E-state index contributed by atoms with van der Waals surface area (Å²) in [7, 11) is 3.72. The Bertz CT molecular complexity index is 1320. The number of aliphatic hydroxyl groups excluding tert-OH is 3. The van der Waals surface area contributed by atoms with Gasteiger partial charge in [-0.25, -0.2) is 9.97 Å². The number of hydrogen-bond donors (Lipinski definition) is 4. The minimum absolute atomic E-state index is 0.208. The predicted molar refractivity (Wildman–Crippen MR) is 138 cm³/mol. The van der Waals surface area contributed by atoms with Crippen LogP contribution in [0.15, 0.2) is 59.6 Å². The second kappa shape index (κ2) is 8.30. The van der Waals surface area contributed by atoms with Gasteiger partial charge in [0.15, 0.2) is 0 Å². The molecule has 4 aliphatic carbocycles. The van der Waals surface area contributed by atoms with Crippen LogP contribution in [0.3, 0.4) is 0 Å². The zero-order valence-electron chi connectivity index (χ0n) is 21.1. The molecule has 6 rings (SSSR count). The molecule has 1 fully saturated rings. The van der Waals surface area contributed by atoms with E-state index in [1.807, 2.05) is 31.3 Å². The topological polar surface area (TPSA) is 110 Å². The summed E-state index contributed by atoms with van der Waals surface area (Å²) >= 11 is 0. The molecular formula is C29H35N3O4. The second-order valence-corrected chi connectivity index (χ2v) is 11.6. The van der Waals surface area contributed by atoms with Crippen LogP contribution in [0.25, 0.3) is 16.5 Å². The lowest BCUT2D eigenvalue weighted by Gasteiger charge is -2.46. The molecule has 4 aliphatic rings. The van der Waals surface area contributed by atoms with Crippen LogP contribution in [0.5, 0.6) is 0 Å². The number of rotatable bonds is 2. The summed E-state index contributed by atoms with van der Waals surface area (Å²) in [5.41, 5.74) is 4.22. The number of allylic oxidation sites excluding steroid dienone is 3. The van der Waals surface area contributed by atoms with Crippen molar-refractivity contribution >= 4 is 16.5 Å². The van der Waals surface area contributed by atoms with Crippen LogP contribution in [-0.4, -0.2) is 79.3 Å². The summed E-state index contributed by atoms with van der Waals surface area (Å²) in [4.78, 5) is 10.4. The highest BCUT2D eigenvalue weighted by molar-refractivity contribution is 5.84. The zero-order valence-corrected chi connectivity index (χ0v) is 21.1. The number of aromatic nitrogens is 2. The molecule has 7 atom stereocenters. The van der Waals surface area contributed by atoms with E-state index < -0.39 is 23.9 Å². The molecule has 2 aromatic rings. The first kappa shape index (κ1) is 23.9. The summed E-state index contributed by atoms with van der Waals surface area (Å²) in [6, 6.07) is 5.94. The van der Waals surface area contributed by atoms with Crippen molar-refractivity contribution in [3.8, 4) is 0 Å². The van der Waals surface area contributed by atoms with Crippen molar-refractivity contribution in [2.45, 2.75) is 69.0 Å². The largest absolute Gasteiger partial charge is 0.388 e. The summed E-state index contributed by atoms with van der Waals surface area (Å²) in [5, 5.41) is 46.1. The van der Waals surface area contributed by atoms with Gasteiger partial charge in [0.05, 0.1) is 23.3 Å². The smallest absolute Gasteiger partial charge is 0.116 e. The van der Waals surface area contributed by atoms with E-state index in [0.29, 0.717) is 31.3 Å².